The second-order valence-corrected chi connectivity index (χ2v) is 6.96. The van der Waals surface area contributed by atoms with Gasteiger partial charge >= 0.3 is 12.1 Å². The van der Waals surface area contributed by atoms with Crippen LogP contribution in [0.3, 0.4) is 0 Å². The summed E-state index contributed by atoms with van der Waals surface area (Å²) in [4.78, 5) is 26.7. The van der Waals surface area contributed by atoms with Crippen LogP contribution in [0.4, 0.5) is 15.3 Å². The average Bonchev–Trinajstić information content (AvgIpc) is 3.20. The molecule has 142 valence electrons. The lowest BCUT2D eigenvalue weighted by molar-refractivity contribution is -0.0716. The summed E-state index contributed by atoms with van der Waals surface area (Å²) >= 11 is 0. The molecule has 1 aliphatic heterocycles. The molecule has 4 amide bonds. The van der Waals surface area contributed by atoms with Crippen molar-refractivity contribution in [2.45, 2.75) is 31.5 Å². The minimum Gasteiger partial charge on any atom is -0.448 e. The minimum atomic E-state index is -0.508. The van der Waals surface area contributed by atoms with Crippen LogP contribution in [-0.2, 0) is 0 Å². The van der Waals surface area contributed by atoms with Gasteiger partial charge in [-0.05, 0) is 25.0 Å². The molecule has 26 heavy (non-hydrogen) atoms. The number of anilines is 1. The molecular weight excluding hydrogens is 336 g/mol. The van der Waals surface area contributed by atoms with Crippen molar-refractivity contribution in [1.82, 2.24) is 15.1 Å². The van der Waals surface area contributed by atoms with E-state index in [-0.39, 0.29) is 12.1 Å². The zero-order valence-electron chi connectivity index (χ0n) is 15.5. The molecule has 0 unspecified atom stereocenters. The number of carbonyl (C=O) groups excluding carboxylic acids is 2. The number of hydrogen-bond donors (Lipinski definition) is 2. The van der Waals surface area contributed by atoms with Gasteiger partial charge in [-0.2, -0.15) is 0 Å². The van der Waals surface area contributed by atoms with Crippen LogP contribution in [0.25, 0.3) is 0 Å². The first kappa shape index (κ1) is 18.2. The number of rotatable bonds is 4. The van der Waals surface area contributed by atoms with Gasteiger partial charge in [0.05, 0.1) is 0 Å². The maximum absolute atomic E-state index is 12.3. The fourth-order valence-electron chi connectivity index (χ4n) is 3.10. The molecule has 1 spiro atoms. The van der Waals surface area contributed by atoms with Crippen LogP contribution < -0.4 is 20.1 Å². The predicted molar refractivity (Wildman–Crippen MR) is 97.6 cm³/mol. The summed E-state index contributed by atoms with van der Waals surface area (Å²) in [6.45, 7) is 0.781. The third-order valence-electron chi connectivity index (χ3n) is 4.63. The molecule has 3 rings (SSSR count). The van der Waals surface area contributed by atoms with Crippen LogP contribution in [0.15, 0.2) is 18.2 Å². The van der Waals surface area contributed by atoms with Crippen molar-refractivity contribution in [1.29, 1.82) is 0 Å². The molecule has 2 N–H and O–H groups in total. The van der Waals surface area contributed by atoms with Gasteiger partial charge in [0.25, 0.3) is 5.79 Å². The molecule has 0 saturated heterocycles. The number of ether oxygens (including phenoxy) is 2. The van der Waals surface area contributed by atoms with Gasteiger partial charge in [0, 0.05) is 58.8 Å². The average molecular weight is 362 g/mol. The molecule has 0 bridgehead atoms. The lowest BCUT2D eigenvalue weighted by Gasteiger charge is -2.21. The Bertz CT molecular complexity index is 686. The molecule has 8 heteroatoms. The quantitative estimate of drug-likeness (QED) is 0.862. The fraction of sp³-hybridized carbons (Fsp3) is 0.556. The molecule has 1 aliphatic carbocycles. The van der Waals surface area contributed by atoms with E-state index in [1.807, 2.05) is 6.07 Å². The summed E-state index contributed by atoms with van der Waals surface area (Å²) in [5.74, 6) is 0.891. The van der Waals surface area contributed by atoms with Crippen LogP contribution >= 0.6 is 0 Å². The third-order valence-corrected chi connectivity index (χ3v) is 4.63. The SMILES string of the molecule is CN(C)C(=O)NCCN(C)C(=O)Nc1ccc2c(c1)OC1(CCCC1)O2. The first-order chi connectivity index (χ1) is 12.4. The summed E-state index contributed by atoms with van der Waals surface area (Å²) in [7, 11) is 5.01. The zero-order valence-corrected chi connectivity index (χ0v) is 15.5. The molecule has 1 heterocycles. The summed E-state index contributed by atoms with van der Waals surface area (Å²) in [5.41, 5.74) is 0.650. The van der Waals surface area contributed by atoms with E-state index < -0.39 is 5.79 Å². The summed E-state index contributed by atoms with van der Waals surface area (Å²) in [6, 6.07) is 4.99. The lowest BCUT2D eigenvalue weighted by atomic mass is 10.2. The Hall–Kier alpha value is -2.64. The van der Waals surface area contributed by atoms with Crippen molar-refractivity contribution in [3.05, 3.63) is 18.2 Å². The smallest absolute Gasteiger partial charge is 0.321 e. The van der Waals surface area contributed by atoms with E-state index in [0.717, 1.165) is 31.4 Å². The van der Waals surface area contributed by atoms with E-state index in [9.17, 15) is 9.59 Å². The number of nitrogens with one attached hydrogen (secondary N) is 2. The second-order valence-electron chi connectivity index (χ2n) is 6.96. The van der Waals surface area contributed by atoms with Crippen molar-refractivity contribution in [3.63, 3.8) is 0 Å². The fourth-order valence-corrected chi connectivity index (χ4v) is 3.10. The Kier molecular flexibility index (Phi) is 5.11. The van der Waals surface area contributed by atoms with Crippen molar-refractivity contribution >= 4 is 17.7 Å². The normalized spacial score (nSPS) is 16.4. The van der Waals surface area contributed by atoms with Crippen LogP contribution in [-0.4, -0.2) is 61.9 Å². The van der Waals surface area contributed by atoms with E-state index in [0.29, 0.717) is 24.5 Å². The van der Waals surface area contributed by atoms with E-state index in [2.05, 4.69) is 10.6 Å². The molecule has 1 fully saturated rings. The highest BCUT2D eigenvalue weighted by molar-refractivity contribution is 5.89. The first-order valence-electron chi connectivity index (χ1n) is 8.88. The van der Waals surface area contributed by atoms with E-state index in [1.165, 1.54) is 9.80 Å². The van der Waals surface area contributed by atoms with Crippen LogP contribution in [0, 0.1) is 0 Å². The van der Waals surface area contributed by atoms with Crippen molar-refractivity contribution in [2.75, 3.05) is 39.5 Å². The molecule has 1 aromatic rings. The van der Waals surface area contributed by atoms with Gasteiger partial charge < -0.3 is 29.9 Å². The highest BCUT2D eigenvalue weighted by atomic mass is 16.7. The van der Waals surface area contributed by atoms with Crippen molar-refractivity contribution in [2.24, 2.45) is 0 Å². The van der Waals surface area contributed by atoms with Gasteiger partial charge in [0.1, 0.15) is 0 Å². The monoisotopic (exact) mass is 362 g/mol. The standard InChI is InChI=1S/C18H26N4O4/c1-21(2)16(23)19-10-11-22(3)17(24)20-13-6-7-14-15(12-13)26-18(25-14)8-4-5-9-18/h6-7,12H,4-5,8-11H2,1-3H3,(H,19,23)(H,20,24). The predicted octanol–water partition coefficient (Wildman–Crippen LogP) is 2.46. The number of benzene rings is 1. The Morgan fingerprint density at radius 1 is 1.08 bits per heavy atom. The van der Waals surface area contributed by atoms with Gasteiger partial charge in [0.15, 0.2) is 11.5 Å². The number of nitrogens with zero attached hydrogens (tertiary/aromatic N) is 2. The number of carbonyl (C=O) groups is 2. The van der Waals surface area contributed by atoms with Crippen LogP contribution in [0.5, 0.6) is 11.5 Å². The molecular formula is C18H26N4O4. The maximum atomic E-state index is 12.3. The van der Waals surface area contributed by atoms with Gasteiger partial charge in [-0.15, -0.1) is 0 Å². The van der Waals surface area contributed by atoms with Crippen molar-refractivity contribution in [3.8, 4) is 11.5 Å². The Balaban J connectivity index is 1.51. The zero-order chi connectivity index (χ0) is 18.7. The van der Waals surface area contributed by atoms with E-state index in [4.69, 9.17) is 9.47 Å². The van der Waals surface area contributed by atoms with Crippen LogP contribution in [0.2, 0.25) is 0 Å². The minimum absolute atomic E-state index is 0.185. The topological polar surface area (TPSA) is 83.1 Å². The van der Waals surface area contributed by atoms with Gasteiger partial charge in [0.2, 0.25) is 0 Å². The number of hydrogen-bond acceptors (Lipinski definition) is 4. The second kappa shape index (κ2) is 7.31. The third kappa shape index (κ3) is 3.95. The maximum Gasteiger partial charge on any atom is 0.321 e. The molecule has 0 atom stereocenters. The number of fused-ring (bicyclic) bond motifs is 1. The summed E-state index contributed by atoms with van der Waals surface area (Å²) in [5, 5.41) is 5.56. The van der Waals surface area contributed by atoms with Crippen molar-refractivity contribution < 1.29 is 19.1 Å². The largest absolute Gasteiger partial charge is 0.448 e. The molecule has 1 aromatic carbocycles. The van der Waals surface area contributed by atoms with Crippen LogP contribution in [0.1, 0.15) is 25.7 Å². The molecule has 8 nitrogen and oxygen atoms in total. The Morgan fingerprint density at radius 3 is 2.46 bits per heavy atom. The lowest BCUT2D eigenvalue weighted by Crippen LogP contribution is -2.41. The van der Waals surface area contributed by atoms with Gasteiger partial charge in [-0.1, -0.05) is 0 Å². The van der Waals surface area contributed by atoms with E-state index in [1.54, 1.807) is 33.3 Å². The number of urea groups is 2. The Labute approximate surface area is 153 Å². The Morgan fingerprint density at radius 2 is 1.77 bits per heavy atom. The highest BCUT2D eigenvalue weighted by Gasteiger charge is 2.44. The number of amides is 4. The molecule has 2 aliphatic rings. The number of likely N-dealkylation sites (N-methyl/N-ethyl adjacent to an activating group) is 1. The van der Waals surface area contributed by atoms with Gasteiger partial charge in [-0.25, -0.2) is 9.59 Å². The van der Waals surface area contributed by atoms with E-state index >= 15 is 0 Å². The summed E-state index contributed by atoms with van der Waals surface area (Å²) < 4.78 is 12.0. The molecule has 1 saturated carbocycles. The molecule has 0 radical (unpaired) electrons. The summed E-state index contributed by atoms with van der Waals surface area (Å²) in [6.07, 6.45) is 4.00. The first-order valence-corrected chi connectivity index (χ1v) is 8.88. The highest BCUT2D eigenvalue weighted by Crippen LogP contribution is 2.47. The van der Waals surface area contributed by atoms with Gasteiger partial charge in [-0.3, -0.25) is 0 Å². The molecule has 0 aromatic heterocycles.